The van der Waals surface area contributed by atoms with Crippen LogP contribution in [0.1, 0.15) is 6.92 Å². The van der Waals surface area contributed by atoms with Crippen LogP contribution in [0.5, 0.6) is 0 Å². The van der Waals surface area contributed by atoms with Gasteiger partial charge in [0.05, 0.1) is 0 Å². The molecule has 0 aromatic rings. The predicted octanol–water partition coefficient (Wildman–Crippen LogP) is 0.354. The molecule has 0 spiro atoms. The van der Waals surface area contributed by atoms with Crippen LogP contribution < -0.4 is 0 Å². The molecule has 1 fully saturated rings. The lowest BCUT2D eigenvalue weighted by molar-refractivity contribution is -0.883. The van der Waals surface area contributed by atoms with Gasteiger partial charge in [-0.2, -0.15) is 0 Å². The van der Waals surface area contributed by atoms with Crippen molar-refractivity contribution in [2.24, 2.45) is 0 Å². The molecule has 2 heteroatoms. The van der Waals surface area contributed by atoms with Gasteiger partial charge in [0.15, 0.2) is 0 Å². The van der Waals surface area contributed by atoms with Gasteiger partial charge in [-0.25, -0.2) is 0 Å². The van der Waals surface area contributed by atoms with Gasteiger partial charge in [-0.05, 0) is 0 Å². The molecule has 36 valence electrons. The van der Waals surface area contributed by atoms with E-state index in [-0.39, 0.29) is 0 Å². The molecule has 0 N–H and O–H groups in total. The summed E-state index contributed by atoms with van der Waals surface area (Å²) in [5.41, 5.74) is 0. The van der Waals surface area contributed by atoms with Gasteiger partial charge in [-0.15, -0.1) is 9.48 Å². The molecule has 6 heavy (non-hydrogen) atoms. The number of hydrogen-bond donors (Lipinski definition) is 0. The van der Waals surface area contributed by atoms with Gasteiger partial charge in [-0.3, -0.25) is 0 Å². The van der Waals surface area contributed by atoms with Crippen molar-refractivity contribution >= 4 is 0 Å². The number of hydrogen-bond acceptors (Lipinski definition) is 1. The zero-order valence-corrected chi connectivity index (χ0v) is 4.43. The molecule has 0 radical (unpaired) electrons. The Labute approximate surface area is 37.9 Å². The van der Waals surface area contributed by atoms with E-state index in [0.717, 1.165) is 4.65 Å². The average Bonchev–Trinajstić information content (AvgIpc) is 1.73. The molecule has 0 aromatic heterocycles. The standard InChI is InChI=1S/C4H10NO/c1-4-5(2,3)6-4/h4H,1-3H3/q+1. The van der Waals surface area contributed by atoms with E-state index >= 15 is 0 Å². The third-order valence-electron chi connectivity index (χ3n) is 1.25. The normalized spacial score (nSPS) is 39.5. The highest BCUT2D eigenvalue weighted by Crippen LogP contribution is 2.25. The molecule has 1 atom stereocenters. The van der Waals surface area contributed by atoms with Crippen LogP contribution in [0.2, 0.25) is 0 Å². The highest BCUT2D eigenvalue weighted by molar-refractivity contribution is 4.30. The van der Waals surface area contributed by atoms with Crippen molar-refractivity contribution in [2.75, 3.05) is 14.1 Å². The minimum Gasteiger partial charge on any atom is -0.149 e. The van der Waals surface area contributed by atoms with Crippen molar-refractivity contribution in [3.05, 3.63) is 0 Å². The van der Waals surface area contributed by atoms with Crippen molar-refractivity contribution in [3.8, 4) is 0 Å². The fourth-order valence-electron chi connectivity index (χ4n) is 0.366. The van der Waals surface area contributed by atoms with Gasteiger partial charge in [0.25, 0.3) is 6.23 Å². The van der Waals surface area contributed by atoms with E-state index in [1.165, 1.54) is 0 Å². The van der Waals surface area contributed by atoms with Crippen molar-refractivity contribution in [1.29, 1.82) is 0 Å². The molecule has 1 heterocycles. The second-order valence-electron chi connectivity index (χ2n) is 2.14. The van der Waals surface area contributed by atoms with Gasteiger partial charge in [0.2, 0.25) is 0 Å². The zero-order valence-electron chi connectivity index (χ0n) is 4.43. The summed E-state index contributed by atoms with van der Waals surface area (Å²) < 4.78 is 0.736. The predicted molar refractivity (Wildman–Crippen MR) is 22.7 cm³/mol. The molecular formula is C4H10NO+. The van der Waals surface area contributed by atoms with Crippen LogP contribution in [-0.4, -0.2) is 25.0 Å². The van der Waals surface area contributed by atoms with Gasteiger partial charge in [0, 0.05) is 6.92 Å². The van der Waals surface area contributed by atoms with Gasteiger partial charge >= 0.3 is 0 Å². The smallest absolute Gasteiger partial charge is 0.149 e. The van der Waals surface area contributed by atoms with Gasteiger partial charge in [0.1, 0.15) is 14.1 Å². The highest BCUT2D eigenvalue weighted by Gasteiger charge is 2.46. The average molecular weight is 88.1 g/mol. The van der Waals surface area contributed by atoms with Crippen LogP contribution in [0.3, 0.4) is 0 Å². The van der Waals surface area contributed by atoms with E-state index in [1.54, 1.807) is 0 Å². The van der Waals surface area contributed by atoms with Crippen molar-refractivity contribution in [3.63, 3.8) is 0 Å². The van der Waals surface area contributed by atoms with Crippen LogP contribution in [-0.2, 0) is 4.84 Å². The van der Waals surface area contributed by atoms with Crippen LogP contribution >= 0.6 is 0 Å². The first kappa shape index (κ1) is 4.09. The summed E-state index contributed by atoms with van der Waals surface area (Å²) in [5, 5.41) is 0. The van der Waals surface area contributed by atoms with Crippen LogP contribution in [0.25, 0.3) is 0 Å². The van der Waals surface area contributed by atoms with Crippen molar-refractivity contribution in [1.82, 2.24) is 0 Å². The molecule has 1 unspecified atom stereocenters. The number of rotatable bonds is 0. The van der Waals surface area contributed by atoms with E-state index in [1.807, 2.05) is 14.1 Å². The summed E-state index contributed by atoms with van der Waals surface area (Å²) in [4.78, 5) is 5.04. The van der Waals surface area contributed by atoms with E-state index in [2.05, 4.69) is 6.92 Å². The van der Waals surface area contributed by atoms with E-state index in [4.69, 9.17) is 4.84 Å². The Morgan fingerprint density at radius 2 is 1.67 bits per heavy atom. The molecule has 0 saturated carbocycles. The van der Waals surface area contributed by atoms with Crippen LogP contribution in [0.15, 0.2) is 0 Å². The molecule has 1 aliphatic heterocycles. The Morgan fingerprint density at radius 1 is 1.50 bits per heavy atom. The topological polar surface area (TPSA) is 12.5 Å². The summed E-state index contributed by atoms with van der Waals surface area (Å²) in [6.45, 7) is 2.06. The Balaban J connectivity index is 2.41. The minimum atomic E-state index is 0.435. The molecule has 2 nitrogen and oxygen atoms in total. The molecule has 1 aliphatic rings. The van der Waals surface area contributed by atoms with E-state index in [9.17, 15) is 0 Å². The first-order valence-electron chi connectivity index (χ1n) is 2.15. The van der Waals surface area contributed by atoms with Gasteiger partial charge in [-0.1, -0.05) is 0 Å². The molecule has 0 bridgehead atoms. The molecule has 0 aromatic carbocycles. The first-order chi connectivity index (χ1) is 2.63. The Bertz CT molecular complexity index is 69.9. The maximum atomic E-state index is 5.04. The summed E-state index contributed by atoms with van der Waals surface area (Å²) in [6, 6.07) is 0. The Hall–Kier alpha value is -0.0800. The quantitative estimate of drug-likeness (QED) is 0.307. The van der Waals surface area contributed by atoms with E-state index in [0.29, 0.717) is 6.23 Å². The summed E-state index contributed by atoms with van der Waals surface area (Å²) in [5.74, 6) is 0. The van der Waals surface area contributed by atoms with Gasteiger partial charge < -0.3 is 0 Å². The lowest BCUT2D eigenvalue weighted by atomic mass is 10.7. The SMILES string of the molecule is CC1O[N+]1(C)C. The van der Waals surface area contributed by atoms with Crippen molar-refractivity contribution in [2.45, 2.75) is 13.2 Å². The Morgan fingerprint density at radius 3 is 1.67 bits per heavy atom. The summed E-state index contributed by atoms with van der Waals surface area (Å²) in [7, 11) is 4.06. The fraction of sp³-hybridized carbons (Fsp3) is 1.00. The zero-order chi connectivity index (χ0) is 4.78. The summed E-state index contributed by atoms with van der Waals surface area (Å²) in [6.07, 6.45) is 0.435. The number of hydroxylamine groups is 3. The first-order valence-corrected chi connectivity index (χ1v) is 2.15. The van der Waals surface area contributed by atoms with E-state index < -0.39 is 0 Å². The maximum Gasteiger partial charge on any atom is 0.271 e. The second-order valence-corrected chi connectivity index (χ2v) is 2.14. The molecule has 0 aliphatic carbocycles. The maximum absolute atomic E-state index is 5.04. The van der Waals surface area contributed by atoms with Crippen LogP contribution in [0, 0.1) is 0 Å². The molecule has 0 amide bonds. The van der Waals surface area contributed by atoms with Crippen molar-refractivity contribution < 1.29 is 9.48 Å². The molecule has 1 saturated heterocycles. The lowest BCUT2D eigenvalue weighted by Gasteiger charge is -1.89. The number of quaternary nitrogens is 1. The third-order valence-corrected chi connectivity index (χ3v) is 1.25. The highest BCUT2D eigenvalue weighted by atomic mass is 16.9. The third kappa shape index (κ3) is 0.420. The minimum absolute atomic E-state index is 0.435. The molecular weight excluding hydrogens is 78.0 g/mol. The second kappa shape index (κ2) is 0.768. The summed E-state index contributed by atoms with van der Waals surface area (Å²) >= 11 is 0. The number of nitrogens with zero attached hydrogens (tertiary/aromatic N) is 1. The Kier molecular flexibility index (Phi) is 0.524. The van der Waals surface area contributed by atoms with Crippen LogP contribution in [0.4, 0.5) is 0 Å². The largest absolute Gasteiger partial charge is 0.271 e. The lowest BCUT2D eigenvalue weighted by Crippen LogP contribution is -2.13. The monoisotopic (exact) mass is 88.1 g/mol. The fourth-order valence-corrected chi connectivity index (χ4v) is 0.366. The molecule has 1 rings (SSSR count).